The minimum Gasteiger partial charge on any atom is -0.376 e. The Hall–Kier alpha value is -2.42. The third-order valence-electron chi connectivity index (χ3n) is 4.21. The first-order valence-electron chi connectivity index (χ1n) is 7.45. The predicted octanol–water partition coefficient (Wildman–Crippen LogP) is 4.12. The molecular formula is C18H17N3. The lowest BCUT2D eigenvalue weighted by atomic mass is 9.91. The largest absolute Gasteiger partial charge is 0.376 e. The quantitative estimate of drug-likeness (QED) is 0.764. The van der Waals surface area contributed by atoms with Gasteiger partial charge >= 0.3 is 0 Å². The molecule has 1 aliphatic rings. The van der Waals surface area contributed by atoms with Crippen LogP contribution in [0.3, 0.4) is 0 Å². The Morgan fingerprint density at radius 2 is 2.05 bits per heavy atom. The Bertz CT molecular complexity index is 777. The van der Waals surface area contributed by atoms with Gasteiger partial charge in [-0.05, 0) is 43.0 Å². The molecule has 1 unspecified atom stereocenters. The Morgan fingerprint density at radius 3 is 3.05 bits per heavy atom. The van der Waals surface area contributed by atoms with E-state index in [1.54, 1.807) is 0 Å². The van der Waals surface area contributed by atoms with E-state index in [2.05, 4.69) is 45.6 Å². The van der Waals surface area contributed by atoms with E-state index >= 15 is 0 Å². The summed E-state index contributed by atoms with van der Waals surface area (Å²) in [5, 5.41) is 6.07. The fraction of sp³-hybridized carbons (Fsp3) is 0.222. The zero-order valence-corrected chi connectivity index (χ0v) is 11.8. The van der Waals surface area contributed by atoms with Crippen LogP contribution < -0.4 is 5.32 Å². The average molecular weight is 275 g/mol. The second-order valence-corrected chi connectivity index (χ2v) is 5.54. The molecule has 0 radical (unpaired) electrons. The van der Waals surface area contributed by atoms with Crippen molar-refractivity contribution in [3.05, 3.63) is 66.2 Å². The summed E-state index contributed by atoms with van der Waals surface area (Å²) in [6, 6.07) is 12.9. The van der Waals surface area contributed by atoms with Gasteiger partial charge in [0.2, 0.25) is 0 Å². The first-order chi connectivity index (χ1) is 10.4. The van der Waals surface area contributed by atoms with Gasteiger partial charge in [-0.25, -0.2) is 0 Å². The molecule has 1 atom stereocenters. The number of fused-ring (bicyclic) bond motifs is 2. The summed E-state index contributed by atoms with van der Waals surface area (Å²) in [7, 11) is 0. The van der Waals surface area contributed by atoms with Crippen molar-refractivity contribution in [2.24, 2.45) is 0 Å². The maximum absolute atomic E-state index is 4.60. The molecule has 1 aliphatic carbocycles. The number of aromatic nitrogens is 2. The first kappa shape index (κ1) is 12.3. The van der Waals surface area contributed by atoms with Crippen LogP contribution in [0.5, 0.6) is 0 Å². The highest BCUT2D eigenvalue weighted by Crippen LogP contribution is 2.33. The number of pyridine rings is 2. The molecule has 3 nitrogen and oxygen atoms in total. The number of nitrogens with zero attached hydrogens (tertiary/aromatic N) is 2. The minimum absolute atomic E-state index is 0.300. The third kappa shape index (κ3) is 2.25. The van der Waals surface area contributed by atoms with Crippen molar-refractivity contribution in [2.45, 2.75) is 25.3 Å². The number of benzene rings is 1. The number of hydrogen-bond acceptors (Lipinski definition) is 3. The topological polar surface area (TPSA) is 37.8 Å². The molecule has 0 saturated carbocycles. The SMILES string of the molecule is c1cnc2c(c1)CCCC2Nc1cccc2cnccc12. The van der Waals surface area contributed by atoms with Crippen LogP contribution in [0, 0.1) is 0 Å². The molecule has 2 heterocycles. The molecule has 0 aliphatic heterocycles. The molecule has 2 aromatic heterocycles. The summed E-state index contributed by atoms with van der Waals surface area (Å²) < 4.78 is 0. The second kappa shape index (κ2) is 5.17. The lowest BCUT2D eigenvalue weighted by Crippen LogP contribution is -2.18. The van der Waals surface area contributed by atoms with Crippen LogP contribution >= 0.6 is 0 Å². The van der Waals surface area contributed by atoms with Crippen LogP contribution in [0.1, 0.15) is 30.1 Å². The van der Waals surface area contributed by atoms with Crippen molar-refractivity contribution < 1.29 is 0 Å². The molecular weight excluding hydrogens is 258 g/mol. The Balaban J connectivity index is 1.73. The molecule has 3 aromatic rings. The minimum atomic E-state index is 0.300. The first-order valence-corrected chi connectivity index (χ1v) is 7.45. The maximum atomic E-state index is 4.60. The van der Waals surface area contributed by atoms with Gasteiger partial charge in [-0.15, -0.1) is 0 Å². The smallest absolute Gasteiger partial charge is 0.0688 e. The monoisotopic (exact) mass is 275 g/mol. The zero-order chi connectivity index (χ0) is 14.1. The van der Waals surface area contributed by atoms with Crippen molar-refractivity contribution in [3.63, 3.8) is 0 Å². The summed E-state index contributed by atoms with van der Waals surface area (Å²) in [6.07, 6.45) is 9.13. The third-order valence-corrected chi connectivity index (χ3v) is 4.21. The van der Waals surface area contributed by atoms with Crippen LogP contribution in [0.25, 0.3) is 10.8 Å². The van der Waals surface area contributed by atoms with E-state index in [1.165, 1.54) is 34.1 Å². The van der Waals surface area contributed by atoms with Crippen molar-refractivity contribution in [3.8, 4) is 0 Å². The molecule has 0 amide bonds. The predicted molar refractivity (Wildman–Crippen MR) is 85.3 cm³/mol. The number of hydrogen-bond donors (Lipinski definition) is 1. The summed E-state index contributed by atoms with van der Waals surface area (Å²) >= 11 is 0. The molecule has 1 aromatic carbocycles. The molecule has 0 fully saturated rings. The van der Waals surface area contributed by atoms with E-state index in [9.17, 15) is 0 Å². The Kier molecular flexibility index (Phi) is 3.03. The second-order valence-electron chi connectivity index (χ2n) is 5.54. The van der Waals surface area contributed by atoms with Crippen LogP contribution in [0.2, 0.25) is 0 Å². The van der Waals surface area contributed by atoms with Gasteiger partial charge in [-0.2, -0.15) is 0 Å². The molecule has 3 heteroatoms. The summed E-state index contributed by atoms with van der Waals surface area (Å²) in [6.45, 7) is 0. The van der Waals surface area contributed by atoms with Gasteiger partial charge in [-0.1, -0.05) is 18.2 Å². The van der Waals surface area contributed by atoms with E-state index < -0.39 is 0 Å². The highest BCUT2D eigenvalue weighted by Gasteiger charge is 2.21. The Morgan fingerprint density at radius 1 is 1.05 bits per heavy atom. The lowest BCUT2D eigenvalue weighted by molar-refractivity contribution is 0.584. The van der Waals surface area contributed by atoms with Crippen LogP contribution in [-0.2, 0) is 6.42 Å². The number of anilines is 1. The maximum Gasteiger partial charge on any atom is 0.0688 e. The molecule has 4 rings (SSSR count). The van der Waals surface area contributed by atoms with Crippen LogP contribution in [0.4, 0.5) is 5.69 Å². The van der Waals surface area contributed by atoms with Crippen molar-refractivity contribution in [1.82, 2.24) is 9.97 Å². The molecule has 104 valence electrons. The Labute approximate surface area is 124 Å². The zero-order valence-electron chi connectivity index (χ0n) is 11.8. The molecule has 21 heavy (non-hydrogen) atoms. The molecule has 1 N–H and O–H groups in total. The standard InChI is InChI=1S/C18H17N3/c1-4-13-6-3-10-20-18(13)17(8-1)21-16-7-2-5-14-12-19-11-9-15(14)16/h2-3,5-7,9-12,17,21H,1,4,8H2. The highest BCUT2D eigenvalue weighted by molar-refractivity contribution is 5.93. The van der Waals surface area contributed by atoms with Crippen molar-refractivity contribution >= 4 is 16.5 Å². The van der Waals surface area contributed by atoms with Crippen LogP contribution in [-0.4, -0.2) is 9.97 Å². The van der Waals surface area contributed by atoms with Crippen molar-refractivity contribution in [2.75, 3.05) is 5.32 Å². The van der Waals surface area contributed by atoms with E-state index in [-0.39, 0.29) is 0 Å². The van der Waals surface area contributed by atoms with E-state index in [0.29, 0.717) is 6.04 Å². The normalized spacial score (nSPS) is 17.4. The fourth-order valence-electron chi connectivity index (χ4n) is 3.19. The van der Waals surface area contributed by atoms with Crippen molar-refractivity contribution in [1.29, 1.82) is 0 Å². The molecule has 0 saturated heterocycles. The summed E-state index contributed by atoms with van der Waals surface area (Å²) in [4.78, 5) is 8.80. The summed E-state index contributed by atoms with van der Waals surface area (Å²) in [5.74, 6) is 0. The van der Waals surface area contributed by atoms with E-state index in [4.69, 9.17) is 0 Å². The highest BCUT2D eigenvalue weighted by atomic mass is 15.0. The number of aryl methyl sites for hydroxylation is 1. The lowest BCUT2D eigenvalue weighted by Gasteiger charge is -2.26. The van der Waals surface area contributed by atoms with Gasteiger partial charge in [0.05, 0.1) is 11.7 Å². The number of nitrogens with one attached hydrogen (secondary N) is 1. The van der Waals surface area contributed by atoms with E-state index in [1.807, 2.05) is 24.7 Å². The molecule has 0 bridgehead atoms. The van der Waals surface area contributed by atoms with Gasteiger partial charge in [-0.3, -0.25) is 9.97 Å². The van der Waals surface area contributed by atoms with Gasteiger partial charge in [0.25, 0.3) is 0 Å². The van der Waals surface area contributed by atoms with Gasteiger partial charge in [0.15, 0.2) is 0 Å². The van der Waals surface area contributed by atoms with Gasteiger partial charge in [0.1, 0.15) is 0 Å². The molecule has 0 spiro atoms. The van der Waals surface area contributed by atoms with Gasteiger partial charge in [0, 0.05) is 35.1 Å². The summed E-state index contributed by atoms with van der Waals surface area (Å²) in [5.41, 5.74) is 3.75. The number of rotatable bonds is 2. The fourth-order valence-corrected chi connectivity index (χ4v) is 3.19. The van der Waals surface area contributed by atoms with E-state index in [0.717, 1.165) is 12.8 Å². The van der Waals surface area contributed by atoms with Crippen LogP contribution in [0.15, 0.2) is 55.0 Å². The average Bonchev–Trinajstić information content (AvgIpc) is 2.56. The van der Waals surface area contributed by atoms with Gasteiger partial charge < -0.3 is 5.32 Å².